The molecular formula is C39H37F3N4O6S. The van der Waals surface area contributed by atoms with Crippen LogP contribution in [0, 0.1) is 0 Å². The molecule has 0 fully saturated rings. The van der Waals surface area contributed by atoms with Crippen LogP contribution < -0.4 is 15.4 Å². The Labute approximate surface area is 307 Å². The molecule has 2 unspecified atom stereocenters. The van der Waals surface area contributed by atoms with E-state index in [9.17, 15) is 37.8 Å². The fraction of sp³-hybridized carbons (Fsp3) is 0.256. The first-order valence-electron chi connectivity index (χ1n) is 16.5. The number of ether oxygens (including phenoxy) is 1. The molecule has 0 aliphatic rings. The molecule has 276 valence electrons. The first-order chi connectivity index (χ1) is 25.1. The number of nitrogens with one attached hydrogen (secondary N) is 2. The standard InChI is InChI=1S/C39H37F3N4O6S/c1-38(2,3)31-18-17-30(53-31)36(49)45-29(35(48)46-32(37(50)51)33(47)25-7-5-4-6-8-25)19-23-9-11-26(12-10-23)34-43-20-27(21-44-34)24-13-15-28(16-14-24)52-22-39(40,41)42/h4-18,20-21,29,32-33,47H,19,22H2,1-3H3,(H,45,49)(H,46,48)(H,50,51)/t29-,32?,33?/m0/s1. The van der Waals surface area contributed by atoms with Crippen LogP contribution in [0.4, 0.5) is 13.2 Å². The molecule has 0 saturated carbocycles. The van der Waals surface area contributed by atoms with Crippen molar-refractivity contribution in [1.29, 1.82) is 0 Å². The van der Waals surface area contributed by atoms with Crippen LogP contribution in [-0.2, 0) is 21.4 Å². The molecule has 0 saturated heterocycles. The van der Waals surface area contributed by atoms with E-state index in [2.05, 4.69) is 20.6 Å². The van der Waals surface area contributed by atoms with Crippen molar-refractivity contribution in [2.24, 2.45) is 0 Å². The van der Waals surface area contributed by atoms with Crippen molar-refractivity contribution >= 4 is 29.1 Å². The third kappa shape index (κ3) is 10.5. The van der Waals surface area contributed by atoms with E-state index < -0.39 is 48.8 Å². The monoisotopic (exact) mass is 746 g/mol. The summed E-state index contributed by atoms with van der Waals surface area (Å²) in [5, 5.41) is 26.0. The van der Waals surface area contributed by atoms with Crippen LogP contribution in [0.5, 0.6) is 5.75 Å². The van der Waals surface area contributed by atoms with Crippen LogP contribution in [-0.4, -0.2) is 62.8 Å². The summed E-state index contributed by atoms with van der Waals surface area (Å²) in [6.07, 6.45) is -2.84. The van der Waals surface area contributed by atoms with Gasteiger partial charge in [-0.3, -0.25) is 9.59 Å². The number of carbonyl (C=O) groups excluding carboxylic acids is 2. The number of carbonyl (C=O) groups is 3. The molecule has 14 heteroatoms. The molecule has 0 aliphatic heterocycles. The van der Waals surface area contributed by atoms with Crippen molar-refractivity contribution in [1.82, 2.24) is 20.6 Å². The van der Waals surface area contributed by atoms with Gasteiger partial charge in [0.15, 0.2) is 18.5 Å². The van der Waals surface area contributed by atoms with E-state index in [1.165, 1.54) is 23.5 Å². The van der Waals surface area contributed by atoms with E-state index in [0.29, 0.717) is 38.5 Å². The maximum Gasteiger partial charge on any atom is 0.422 e. The summed E-state index contributed by atoms with van der Waals surface area (Å²) < 4.78 is 42.1. The number of amides is 2. The Morgan fingerprint density at radius 3 is 2.00 bits per heavy atom. The Kier molecular flexibility index (Phi) is 11.9. The molecule has 2 heterocycles. The number of benzene rings is 3. The van der Waals surface area contributed by atoms with Gasteiger partial charge in [0, 0.05) is 34.8 Å². The first-order valence-corrected chi connectivity index (χ1v) is 17.3. The number of alkyl halides is 3. The van der Waals surface area contributed by atoms with Crippen molar-refractivity contribution < 1.29 is 42.5 Å². The number of halogens is 3. The smallest absolute Gasteiger partial charge is 0.422 e. The predicted octanol–water partition coefficient (Wildman–Crippen LogP) is 6.75. The Morgan fingerprint density at radius 1 is 0.811 bits per heavy atom. The highest BCUT2D eigenvalue weighted by Gasteiger charge is 2.33. The lowest BCUT2D eigenvalue weighted by atomic mass is 9.95. The second kappa shape index (κ2) is 16.4. The van der Waals surface area contributed by atoms with Gasteiger partial charge in [0.2, 0.25) is 5.91 Å². The van der Waals surface area contributed by atoms with Gasteiger partial charge in [0.1, 0.15) is 17.9 Å². The van der Waals surface area contributed by atoms with Crippen LogP contribution >= 0.6 is 11.3 Å². The lowest BCUT2D eigenvalue weighted by Crippen LogP contribution is -2.54. The summed E-state index contributed by atoms with van der Waals surface area (Å²) >= 11 is 1.30. The van der Waals surface area contributed by atoms with Gasteiger partial charge in [-0.25, -0.2) is 14.8 Å². The number of aliphatic hydroxyl groups is 1. The largest absolute Gasteiger partial charge is 0.484 e. The van der Waals surface area contributed by atoms with Gasteiger partial charge in [-0.1, -0.05) is 87.5 Å². The molecule has 5 aromatic rings. The molecular weight excluding hydrogens is 710 g/mol. The zero-order valence-corrected chi connectivity index (χ0v) is 29.7. The van der Waals surface area contributed by atoms with Crippen molar-refractivity contribution in [3.63, 3.8) is 0 Å². The molecule has 0 bridgehead atoms. The second-order valence-electron chi connectivity index (χ2n) is 13.2. The first kappa shape index (κ1) is 38.6. The van der Waals surface area contributed by atoms with Crippen molar-refractivity contribution in [2.45, 2.75) is 57.0 Å². The Balaban J connectivity index is 1.32. The van der Waals surface area contributed by atoms with Crippen LogP contribution in [0.2, 0.25) is 0 Å². The third-order valence-electron chi connectivity index (χ3n) is 8.11. The fourth-order valence-electron chi connectivity index (χ4n) is 5.23. The molecule has 0 spiro atoms. The molecule has 0 aliphatic carbocycles. The molecule has 10 nitrogen and oxygen atoms in total. The number of carboxylic acid groups (broad SMARTS) is 1. The minimum atomic E-state index is -4.44. The van der Waals surface area contributed by atoms with Gasteiger partial charge in [-0.05, 0) is 46.4 Å². The topological polar surface area (TPSA) is 151 Å². The average molecular weight is 747 g/mol. The van der Waals surface area contributed by atoms with Crippen molar-refractivity contribution in [2.75, 3.05) is 6.61 Å². The summed E-state index contributed by atoms with van der Waals surface area (Å²) in [5.74, 6) is -2.28. The summed E-state index contributed by atoms with van der Waals surface area (Å²) in [7, 11) is 0. The van der Waals surface area contributed by atoms with Gasteiger partial charge < -0.3 is 25.6 Å². The van der Waals surface area contributed by atoms with Crippen LogP contribution in [0.25, 0.3) is 22.5 Å². The number of hydrogen-bond donors (Lipinski definition) is 4. The molecule has 2 amide bonds. The Bertz CT molecular complexity index is 2010. The zero-order chi connectivity index (χ0) is 38.3. The fourth-order valence-corrected chi connectivity index (χ4v) is 6.20. The van der Waals surface area contributed by atoms with E-state index in [1.54, 1.807) is 85.2 Å². The maximum atomic E-state index is 13.7. The number of aliphatic hydroxyl groups excluding tert-OH is 1. The third-order valence-corrected chi connectivity index (χ3v) is 9.62. The van der Waals surface area contributed by atoms with Crippen molar-refractivity contribution in [3.05, 3.63) is 124 Å². The minimum Gasteiger partial charge on any atom is -0.484 e. The van der Waals surface area contributed by atoms with Crippen LogP contribution in [0.1, 0.15) is 52.6 Å². The normalized spacial score (nSPS) is 13.4. The summed E-state index contributed by atoms with van der Waals surface area (Å²) in [6.45, 7) is 4.67. The predicted molar refractivity (Wildman–Crippen MR) is 193 cm³/mol. The van der Waals surface area contributed by atoms with E-state index in [0.717, 1.165) is 4.88 Å². The number of nitrogens with zero attached hydrogens (tertiary/aromatic N) is 2. The van der Waals surface area contributed by atoms with Crippen LogP contribution in [0.15, 0.2) is 103 Å². The molecule has 53 heavy (non-hydrogen) atoms. The quantitative estimate of drug-likeness (QED) is 0.103. The SMILES string of the molecule is CC(C)(C)c1ccc(C(=O)N[C@@H](Cc2ccc(-c3ncc(-c4ccc(OCC(F)(F)F)cc4)cn3)cc2)C(=O)NC(C(=O)O)C(O)c2ccccc2)s1. The highest BCUT2D eigenvalue weighted by atomic mass is 32.1. The van der Waals surface area contributed by atoms with Gasteiger partial charge in [0.05, 0.1) is 4.88 Å². The van der Waals surface area contributed by atoms with E-state index in [4.69, 9.17) is 4.74 Å². The molecule has 5 rings (SSSR count). The van der Waals surface area contributed by atoms with Gasteiger partial charge in [0.25, 0.3) is 5.91 Å². The summed E-state index contributed by atoms with van der Waals surface area (Å²) in [6, 6.07) is 21.7. The Morgan fingerprint density at radius 2 is 1.43 bits per heavy atom. The summed E-state index contributed by atoms with van der Waals surface area (Å²) in [4.78, 5) is 49.5. The molecule has 3 atom stereocenters. The van der Waals surface area contributed by atoms with E-state index >= 15 is 0 Å². The number of hydrogen-bond acceptors (Lipinski definition) is 8. The molecule has 4 N–H and O–H groups in total. The number of rotatable bonds is 13. The molecule has 0 radical (unpaired) electrons. The zero-order valence-electron chi connectivity index (χ0n) is 28.9. The number of thiophene rings is 1. The Hall–Kier alpha value is -5.60. The number of aromatic nitrogens is 2. The number of aliphatic carboxylic acids is 1. The van der Waals surface area contributed by atoms with Crippen molar-refractivity contribution in [3.8, 4) is 28.3 Å². The lowest BCUT2D eigenvalue weighted by Gasteiger charge is -2.24. The highest BCUT2D eigenvalue weighted by Crippen LogP contribution is 2.30. The van der Waals surface area contributed by atoms with Gasteiger partial charge >= 0.3 is 12.1 Å². The average Bonchev–Trinajstić information content (AvgIpc) is 3.65. The molecule has 2 aromatic heterocycles. The maximum absolute atomic E-state index is 13.7. The van der Waals surface area contributed by atoms with Gasteiger partial charge in [-0.15, -0.1) is 11.3 Å². The van der Waals surface area contributed by atoms with Crippen LogP contribution in [0.3, 0.4) is 0 Å². The van der Waals surface area contributed by atoms with E-state index in [1.807, 2.05) is 26.8 Å². The van der Waals surface area contributed by atoms with Gasteiger partial charge in [-0.2, -0.15) is 13.2 Å². The summed E-state index contributed by atoms with van der Waals surface area (Å²) in [5.41, 5.74) is 2.69. The molecule has 3 aromatic carbocycles. The lowest BCUT2D eigenvalue weighted by molar-refractivity contribution is -0.153. The second-order valence-corrected chi connectivity index (χ2v) is 14.3. The highest BCUT2D eigenvalue weighted by molar-refractivity contribution is 7.14. The number of carboxylic acids is 1. The minimum absolute atomic E-state index is 0.00833. The van der Waals surface area contributed by atoms with E-state index in [-0.39, 0.29) is 17.6 Å².